The minimum Gasteiger partial charge on any atom is -0.325 e. The van der Waals surface area contributed by atoms with Gasteiger partial charge in [-0.2, -0.15) is 0 Å². The van der Waals surface area contributed by atoms with Crippen LogP contribution >= 0.6 is 39.3 Å². The van der Waals surface area contributed by atoms with Crippen LogP contribution in [0, 0.1) is 6.92 Å². The lowest BCUT2D eigenvalue weighted by Gasteiger charge is -2.15. The number of rotatable bonds is 9. The van der Waals surface area contributed by atoms with E-state index in [-0.39, 0.29) is 11.6 Å². The SMILES string of the molecule is Cc1ccc(Cl)cc1NC(=O)C(C)Sc1cccc(NC(=O)/C(=C\c2cccc(Br)c2)NC(=O)c2ccccc2)c1. The number of aryl methyl sites for hydroxylation is 1. The number of halogens is 2. The van der Waals surface area contributed by atoms with Crippen LogP contribution in [0.25, 0.3) is 6.08 Å². The van der Waals surface area contributed by atoms with E-state index >= 15 is 0 Å². The van der Waals surface area contributed by atoms with E-state index in [0.717, 1.165) is 20.5 Å². The lowest BCUT2D eigenvalue weighted by atomic mass is 10.1. The molecule has 0 radical (unpaired) electrons. The zero-order chi connectivity index (χ0) is 29.4. The number of carbonyl (C=O) groups excluding carboxylic acids is 3. The maximum absolute atomic E-state index is 13.4. The highest BCUT2D eigenvalue weighted by molar-refractivity contribution is 9.10. The number of hydrogen-bond donors (Lipinski definition) is 3. The summed E-state index contributed by atoms with van der Waals surface area (Å²) in [5, 5.41) is 8.66. The van der Waals surface area contributed by atoms with Gasteiger partial charge < -0.3 is 16.0 Å². The van der Waals surface area contributed by atoms with Crippen LogP contribution in [0.3, 0.4) is 0 Å². The van der Waals surface area contributed by atoms with Crippen molar-refractivity contribution >= 4 is 74.5 Å². The van der Waals surface area contributed by atoms with Gasteiger partial charge in [0.15, 0.2) is 0 Å². The van der Waals surface area contributed by atoms with Gasteiger partial charge in [-0.15, -0.1) is 11.8 Å². The van der Waals surface area contributed by atoms with Crippen LogP contribution in [0.2, 0.25) is 5.02 Å². The van der Waals surface area contributed by atoms with Gasteiger partial charge in [-0.05, 0) is 85.6 Å². The predicted octanol–water partition coefficient (Wildman–Crippen LogP) is 7.94. The molecule has 1 unspecified atom stereocenters. The van der Waals surface area contributed by atoms with Crippen LogP contribution in [0.1, 0.15) is 28.4 Å². The molecule has 0 spiro atoms. The Bertz CT molecular complexity index is 1610. The summed E-state index contributed by atoms with van der Waals surface area (Å²) in [6.45, 7) is 3.71. The van der Waals surface area contributed by atoms with Gasteiger partial charge in [-0.1, -0.05) is 70.0 Å². The molecule has 41 heavy (non-hydrogen) atoms. The molecule has 3 N–H and O–H groups in total. The van der Waals surface area contributed by atoms with Crippen LogP contribution in [0.4, 0.5) is 11.4 Å². The molecule has 0 aliphatic carbocycles. The Kier molecular flexibility index (Phi) is 10.4. The molecule has 0 saturated carbocycles. The number of thioether (sulfide) groups is 1. The first-order chi connectivity index (χ1) is 19.7. The quantitative estimate of drug-likeness (QED) is 0.127. The fraction of sp³-hybridized carbons (Fsp3) is 0.0938. The largest absolute Gasteiger partial charge is 0.325 e. The van der Waals surface area contributed by atoms with Crippen molar-refractivity contribution in [2.75, 3.05) is 10.6 Å². The summed E-state index contributed by atoms with van der Waals surface area (Å²) in [6.07, 6.45) is 1.61. The maximum Gasteiger partial charge on any atom is 0.272 e. The average molecular weight is 649 g/mol. The third-order valence-corrected chi connectivity index (χ3v) is 7.74. The van der Waals surface area contributed by atoms with Crippen LogP contribution in [0.5, 0.6) is 0 Å². The second kappa shape index (κ2) is 14.2. The highest BCUT2D eigenvalue weighted by Crippen LogP contribution is 2.28. The molecule has 3 amide bonds. The zero-order valence-corrected chi connectivity index (χ0v) is 25.4. The summed E-state index contributed by atoms with van der Waals surface area (Å²) in [4.78, 5) is 39.9. The van der Waals surface area contributed by atoms with Crippen molar-refractivity contribution in [2.24, 2.45) is 0 Å². The number of amides is 3. The second-order valence-corrected chi connectivity index (χ2v) is 11.9. The molecule has 4 aromatic carbocycles. The number of benzene rings is 4. The number of anilines is 2. The van der Waals surface area contributed by atoms with E-state index in [1.165, 1.54) is 11.8 Å². The first kappa shape index (κ1) is 30.1. The summed E-state index contributed by atoms with van der Waals surface area (Å²) in [5.41, 5.74) is 3.34. The van der Waals surface area contributed by atoms with Crippen molar-refractivity contribution in [1.82, 2.24) is 5.32 Å². The van der Waals surface area contributed by atoms with Crippen molar-refractivity contribution in [3.8, 4) is 0 Å². The van der Waals surface area contributed by atoms with Gasteiger partial charge in [0.1, 0.15) is 5.70 Å². The van der Waals surface area contributed by atoms with Crippen molar-refractivity contribution in [3.05, 3.63) is 129 Å². The molecule has 0 saturated heterocycles. The van der Waals surface area contributed by atoms with Crippen LogP contribution in [0.15, 0.2) is 112 Å². The lowest BCUT2D eigenvalue weighted by Crippen LogP contribution is -2.30. The molecule has 0 aliphatic rings. The Morgan fingerprint density at radius 2 is 1.63 bits per heavy atom. The molecule has 0 heterocycles. The van der Waals surface area contributed by atoms with Gasteiger partial charge in [-0.25, -0.2) is 0 Å². The normalized spacial score (nSPS) is 11.9. The molecular weight excluding hydrogens is 622 g/mol. The highest BCUT2D eigenvalue weighted by Gasteiger charge is 2.18. The molecule has 0 fully saturated rings. The summed E-state index contributed by atoms with van der Waals surface area (Å²) in [7, 11) is 0. The van der Waals surface area contributed by atoms with Gasteiger partial charge >= 0.3 is 0 Å². The van der Waals surface area contributed by atoms with Crippen molar-refractivity contribution in [1.29, 1.82) is 0 Å². The number of hydrogen-bond acceptors (Lipinski definition) is 4. The summed E-state index contributed by atoms with van der Waals surface area (Å²) < 4.78 is 0.841. The van der Waals surface area contributed by atoms with Gasteiger partial charge in [0.05, 0.1) is 5.25 Å². The molecule has 208 valence electrons. The molecule has 4 rings (SSSR count). The maximum atomic E-state index is 13.4. The number of nitrogens with one attached hydrogen (secondary N) is 3. The van der Waals surface area contributed by atoms with E-state index in [4.69, 9.17) is 11.6 Å². The van der Waals surface area contributed by atoms with Crippen molar-refractivity contribution in [3.63, 3.8) is 0 Å². The molecule has 9 heteroatoms. The Hall–Kier alpha value is -3.85. The minimum atomic E-state index is -0.487. The van der Waals surface area contributed by atoms with Crippen LogP contribution < -0.4 is 16.0 Å². The predicted molar refractivity (Wildman–Crippen MR) is 171 cm³/mol. The van der Waals surface area contributed by atoms with Gasteiger partial charge in [0.25, 0.3) is 11.8 Å². The van der Waals surface area contributed by atoms with Crippen molar-refractivity contribution in [2.45, 2.75) is 24.0 Å². The van der Waals surface area contributed by atoms with Crippen LogP contribution in [-0.4, -0.2) is 23.0 Å². The molecule has 0 aliphatic heterocycles. The Balaban J connectivity index is 1.48. The first-order valence-corrected chi connectivity index (χ1v) is 14.7. The third kappa shape index (κ3) is 8.82. The molecule has 4 aromatic rings. The third-order valence-electron chi connectivity index (χ3n) is 5.92. The fourth-order valence-electron chi connectivity index (χ4n) is 3.77. The Morgan fingerprint density at radius 1 is 0.878 bits per heavy atom. The van der Waals surface area contributed by atoms with E-state index in [1.54, 1.807) is 60.7 Å². The van der Waals surface area contributed by atoms with E-state index in [0.29, 0.717) is 22.0 Å². The van der Waals surface area contributed by atoms with Gasteiger partial charge in [-0.3, -0.25) is 14.4 Å². The van der Waals surface area contributed by atoms with Gasteiger partial charge in [0.2, 0.25) is 5.91 Å². The summed E-state index contributed by atoms with van der Waals surface area (Å²) >= 11 is 10.9. The van der Waals surface area contributed by atoms with Crippen LogP contribution in [-0.2, 0) is 9.59 Å². The minimum absolute atomic E-state index is 0.0830. The standard InChI is InChI=1S/C32H27BrClN3O3S/c1-20-14-15-25(34)18-28(20)36-30(38)21(2)41-27-13-7-12-26(19-27)35-32(40)29(17-22-8-6-11-24(33)16-22)37-31(39)23-9-4-3-5-10-23/h3-19,21H,1-2H3,(H,35,40)(H,36,38)(H,37,39)/b29-17+. The molecule has 6 nitrogen and oxygen atoms in total. The van der Waals surface area contributed by atoms with E-state index in [9.17, 15) is 14.4 Å². The zero-order valence-electron chi connectivity index (χ0n) is 22.3. The van der Waals surface area contributed by atoms with Crippen molar-refractivity contribution < 1.29 is 14.4 Å². The van der Waals surface area contributed by atoms with Gasteiger partial charge in [0, 0.05) is 31.3 Å². The lowest BCUT2D eigenvalue weighted by molar-refractivity contribution is -0.115. The van der Waals surface area contributed by atoms with E-state index in [1.807, 2.05) is 56.3 Å². The molecule has 1 atom stereocenters. The molecular formula is C32H27BrClN3O3S. The summed E-state index contributed by atoms with van der Waals surface area (Å²) in [5.74, 6) is -1.06. The Labute approximate surface area is 256 Å². The smallest absolute Gasteiger partial charge is 0.272 e. The highest BCUT2D eigenvalue weighted by atomic mass is 79.9. The number of carbonyl (C=O) groups is 3. The topological polar surface area (TPSA) is 87.3 Å². The van der Waals surface area contributed by atoms with E-state index in [2.05, 4.69) is 31.9 Å². The second-order valence-electron chi connectivity index (χ2n) is 9.12. The first-order valence-electron chi connectivity index (χ1n) is 12.7. The summed E-state index contributed by atoms with van der Waals surface area (Å²) in [6, 6.07) is 28.6. The monoisotopic (exact) mass is 647 g/mol. The Morgan fingerprint density at radius 3 is 2.39 bits per heavy atom. The van der Waals surface area contributed by atoms with E-state index < -0.39 is 17.1 Å². The molecule has 0 aromatic heterocycles. The average Bonchev–Trinajstić information content (AvgIpc) is 2.95. The fourth-order valence-corrected chi connectivity index (χ4v) is 5.29. The molecule has 0 bridgehead atoms.